The normalized spacial score (nSPS) is 15.3. The van der Waals surface area contributed by atoms with Crippen LogP contribution >= 0.6 is 11.3 Å². The Kier molecular flexibility index (Phi) is 3.96. The van der Waals surface area contributed by atoms with E-state index in [-0.39, 0.29) is 5.95 Å². The summed E-state index contributed by atoms with van der Waals surface area (Å²) >= 11 is 1.64. The highest BCUT2D eigenvalue weighted by molar-refractivity contribution is 7.09. The maximum absolute atomic E-state index is 5.75. The zero-order valence-electron chi connectivity index (χ0n) is 11.2. The first-order valence-corrected chi connectivity index (χ1v) is 7.61. The van der Waals surface area contributed by atoms with Gasteiger partial charge in [-0.1, -0.05) is 6.07 Å². The molecular weight excluding hydrogens is 274 g/mol. The van der Waals surface area contributed by atoms with Gasteiger partial charge in [0.2, 0.25) is 11.9 Å². The van der Waals surface area contributed by atoms with Crippen LogP contribution in [0, 0.1) is 0 Å². The summed E-state index contributed by atoms with van der Waals surface area (Å²) in [5.74, 6) is 0.833. The molecule has 0 aromatic carbocycles. The minimum Gasteiger partial charge on any atom is -0.458 e. The van der Waals surface area contributed by atoms with E-state index in [9.17, 15) is 0 Å². The number of hydrogen-bond acceptors (Lipinski definition) is 7. The number of ether oxygens (including phenoxy) is 1. The topological polar surface area (TPSA) is 77.2 Å². The molecule has 0 unspecified atom stereocenters. The molecule has 0 spiro atoms. The summed E-state index contributed by atoms with van der Waals surface area (Å²) in [5.41, 5.74) is 5.75. The number of hydrogen-bond donors (Lipinski definition) is 1. The van der Waals surface area contributed by atoms with E-state index in [1.54, 1.807) is 11.3 Å². The lowest BCUT2D eigenvalue weighted by Gasteiger charge is -2.26. The van der Waals surface area contributed by atoms with E-state index in [0.29, 0.717) is 18.6 Å². The van der Waals surface area contributed by atoms with Crippen molar-refractivity contribution in [2.45, 2.75) is 25.9 Å². The molecule has 0 aliphatic carbocycles. The third-order valence-electron chi connectivity index (χ3n) is 3.18. The van der Waals surface area contributed by atoms with Crippen LogP contribution in [0.15, 0.2) is 17.5 Å². The molecule has 0 amide bonds. The van der Waals surface area contributed by atoms with Gasteiger partial charge in [-0.3, -0.25) is 0 Å². The Morgan fingerprint density at radius 1 is 1.20 bits per heavy atom. The fourth-order valence-electron chi connectivity index (χ4n) is 2.19. The molecule has 3 heterocycles. The predicted octanol–water partition coefficient (Wildman–Crippen LogP) is 2.08. The van der Waals surface area contributed by atoms with Crippen LogP contribution in [0.25, 0.3) is 0 Å². The van der Waals surface area contributed by atoms with Gasteiger partial charge in [0.05, 0.1) is 0 Å². The minimum absolute atomic E-state index is 0.210. The van der Waals surface area contributed by atoms with E-state index in [4.69, 9.17) is 10.5 Å². The third kappa shape index (κ3) is 3.16. The molecule has 3 rings (SSSR count). The molecule has 0 radical (unpaired) electrons. The monoisotopic (exact) mass is 291 g/mol. The van der Waals surface area contributed by atoms with Crippen LogP contribution in [0.4, 0.5) is 11.9 Å². The second-order valence-electron chi connectivity index (χ2n) is 4.69. The van der Waals surface area contributed by atoms with Gasteiger partial charge in [-0.15, -0.1) is 11.3 Å². The zero-order valence-corrected chi connectivity index (χ0v) is 12.0. The molecule has 1 aliphatic rings. The summed E-state index contributed by atoms with van der Waals surface area (Å²) in [6, 6.07) is 4.30. The van der Waals surface area contributed by atoms with Crippen molar-refractivity contribution in [3.63, 3.8) is 0 Å². The molecule has 1 saturated heterocycles. The van der Waals surface area contributed by atoms with Crippen LogP contribution in [-0.4, -0.2) is 28.0 Å². The van der Waals surface area contributed by atoms with E-state index >= 15 is 0 Å². The largest absolute Gasteiger partial charge is 0.458 e. The lowest BCUT2D eigenvalue weighted by Crippen LogP contribution is -2.31. The Morgan fingerprint density at radius 3 is 2.80 bits per heavy atom. The molecule has 2 N–H and O–H groups in total. The van der Waals surface area contributed by atoms with Crippen molar-refractivity contribution in [3.05, 3.63) is 22.4 Å². The molecule has 0 atom stereocenters. The summed E-state index contributed by atoms with van der Waals surface area (Å²) in [7, 11) is 0. The van der Waals surface area contributed by atoms with Gasteiger partial charge in [0.25, 0.3) is 0 Å². The molecule has 0 bridgehead atoms. The summed E-state index contributed by atoms with van der Waals surface area (Å²) in [6.07, 6.45) is 3.59. The SMILES string of the molecule is Nc1nc(OCc2cccs2)nc(N2CCCCC2)n1. The van der Waals surface area contributed by atoms with Gasteiger partial charge in [-0.25, -0.2) is 0 Å². The molecule has 0 saturated carbocycles. The van der Waals surface area contributed by atoms with Crippen molar-refractivity contribution >= 4 is 23.2 Å². The number of nitrogens with two attached hydrogens (primary N) is 1. The van der Waals surface area contributed by atoms with E-state index in [1.807, 2.05) is 17.5 Å². The Balaban J connectivity index is 1.72. The molecule has 1 aliphatic heterocycles. The van der Waals surface area contributed by atoms with Crippen LogP contribution in [0.3, 0.4) is 0 Å². The average Bonchev–Trinajstić information content (AvgIpc) is 2.99. The Labute approximate surface area is 121 Å². The maximum atomic E-state index is 5.75. The van der Waals surface area contributed by atoms with Crippen LogP contribution in [0.2, 0.25) is 0 Å². The maximum Gasteiger partial charge on any atom is 0.323 e. The summed E-state index contributed by atoms with van der Waals surface area (Å²) < 4.78 is 5.60. The van der Waals surface area contributed by atoms with E-state index in [2.05, 4.69) is 19.9 Å². The lowest BCUT2D eigenvalue weighted by atomic mass is 10.1. The van der Waals surface area contributed by atoms with Crippen molar-refractivity contribution in [1.82, 2.24) is 15.0 Å². The Hall–Kier alpha value is -1.89. The van der Waals surface area contributed by atoms with E-state index in [0.717, 1.165) is 30.8 Å². The Morgan fingerprint density at radius 2 is 2.05 bits per heavy atom. The number of thiophene rings is 1. The first kappa shape index (κ1) is 13.1. The number of nitrogens with zero attached hydrogens (tertiary/aromatic N) is 4. The first-order valence-electron chi connectivity index (χ1n) is 6.73. The highest BCUT2D eigenvalue weighted by atomic mass is 32.1. The minimum atomic E-state index is 0.210. The third-order valence-corrected chi connectivity index (χ3v) is 4.03. The lowest BCUT2D eigenvalue weighted by molar-refractivity contribution is 0.283. The molecule has 1 fully saturated rings. The molecule has 7 heteroatoms. The van der Waals surface area contributed by atoms with Gasteiger partial charge in [0, 0.05) is 18.0 Å². The summed E-state index contributed by atoms with van der Waals surface area (Å²) in [5, 5.41) is 2.01. The van der Waals surface area contributed by atoms with Crippen molar-refractivity contribution in [2.75, 3.05) is 23.7 Å². The van der Waals surface area contributed by atoms with Crippen LogP contribution in [0.1, 0.15) is 24.1 Å². The number of piperidine rings is 1. The van der Waals surface area contributed by atoms with Crippen molar-refractivity contribution in [2.24, 2.45) is 0 Å². The Bertz CT molecular complexity index is 554. The fourth-order valence-corrected chi connectivity index (χ4v) is 2.81. The second kappa shape index (κ2) is 6.04. The highest BCUT2D eigenvalue weighted by Crippen LogP contribution is 2.19. The zero-order chi connectivity index (χ0) is 13.8. The molecular formula is C13H17N5OS. The van der Waals surface area contributed by atoms with Gasteiger partial charge in [0.1, 0.15) is 6.61 Å². The van der Waals surface area contributed by atoms with Crippen LogP contribution in [-0.2, 0) is 6.61 Å². The van der Waals surface area contributed by atoms with Gasteiger partial charge in [-0.2, -0.15) is 15.0 Å². The van der Waals surface area contributed by atoms with Crippen molar-refractivity contribution < 1.29 is 4.74 Å². The van der Waals surface area contributed by atoms with Gasteiger partial charge in [-0.05, 0) is 30.7 Å². The van der Waals surface area contributed by atoms with Crippen molar-refractivity contribution in [1.29, 1.82) is 0 Å². The van der Waals surface area contributed by atoms with Gasteiger partial charge in [0.15, 0.2) is 0 Å². The first-order chi connectivity index (χ1) is 9.81. The summed E-state index contributed by atoms with van der Waals surface area (Å²) in [6.45, 7) is 2.39. The molecule has 20 heavy (non-hydrogen) atoms. The fraction of sp³-hybridized carbons (Fsp3) is 0.462. The summed E-state index contributed by atoms with van der Waals surface area (Å²) in [4.78, 5) is 15.9. The number of anilines is 2. The predicted molar refractivity (Wildman–Crippen MR) is 79.0 cm³/mol. The van der Waals surface area contributed by atoms with Crippen LogP contribution in [0.5, 0.6) is 6.01 Å². The second-order valence-corrected chi connectivity index (χ2v) is 5.72. The smallest absolute Gasteiger partial charge is 0.323 e. The molecule has 6 nitrogen and oxygen atoms in total. The number of aromatic nitrogens is 3. The number of nitrogen functional groups attached to an aromatic ring is 1. The quantitative estimate of drug-likeness (QED) is 0.929. The molecule has 2 aromatic heterocycles. The highest BCUT2D eigenvalue weighted by Gasteiger charge is 2.16. The van der Waals surface area contributed by atoms with E-state index < -0.39 is 0 Å². The van der Waals surface area contributed by atoms with Crippen LogP contribution < -0.4 is 15.4 Å². The average molecular weight is 291 g/mol. The molecule has 106 valence electrons. The molecule has 2 aromatic rings. The number of rotatable bonds is 4. The van der Waals surface area contributed by atoms with Crippen molar-refractivity contribution in [3.8, 4) is 6.01 Å². The van der Waals surface area contributed by atoms with Gasteiger partial charge < -0.3 is 15.4 Å². The van der Waals surface area contributed by atoms with Gasteiger partial charge >= 0.3 is 6.01 Å². The van der Waals surface area contributed by atoms with E-state index in [1.165, 1.54) is 6.42 Å². The standard InChI is InChI=1S/C13H17N5OS/c14-11-15-12(18-6-2-1-3-7-18)17-13(16-11)19-9-10-5-4-8-20-10/h4-5,8H,1-3,6-7,9H2,(H2,14,15,16,17).